The van der Waals surface area contributed by atoms with Gasteiger partial charge in [-0.1, -0.05) is 12.1 Å². The Balaban J connectivity index is 1.74. The summed E-state index contributed by atoms with van der Waals surface area (Å²) >= 11 is 0. The molecule has 7 heteroatoms. The van der Waals surface area contributed by atoms with E-state index in [0.29, 0.717) is 17.0 Å². The lowest BCUT2D eigenvalue weighted by atomic mass is 10.1. The van der Waals surface area contributed by atoms with Crippen LogP contribution < -0.4 is 9.64 Å². The van der Waals surface area contributed by atoms with Crippen molar-refractivity contribution < 1.29 is 19.1 Å². The van der Waals surface area contributed by atoms with Crippen molar-refractivity contribution in [2.24, 2.45) is 7.05 Å². The molecule has 0 aliphatic carbocycles. The molecule has 0 N–H and O–H groups in total. The standard InChI is InChI=1S/C19H17N3O4/c1-21-11-20-13-9-12(7-8-14(13)21)18(23)22-10-17(19(24)25-2)26-16-6-4-3-5-15(16)22/h3-9,11,17H,10H2,1-2H3/t17-/m0/s1. The average Bonchev–Trinajstić information content (AvgIpc) is 3.06. The molecule has 0 saturated heterocycles. The van der Waals surface area contributed by atoms with Gasteiger partial charge in [0.05, 0.1) is 36.7 Å². The third-order valence-electron chi connectivity index (χ3n) is 4.46. The number of aromatic nitrogens is 2. The third-order valence-corrected chi connectivity index (χ3v) is 4.46. The number of carbonyl (C=O) groups is 2. The van der Waals surface area contributed by atoms with Crippen LogP contribution in [0.2, 0.25) is 0 Å². The van der Waals surface area contributed by atoms with E-state index in [1.807, 2.05) is 23.7 Å². The van der Waals surface area contributed by atoms with Crippen LogP contribution in [0.25, 0.3) is 11.0 Å². The Hall–Kier alpha value is -3.35. The molecule has 2 aromatic carbocycles. The van der Waals surface area contributed by atoms with E-state index in [9.17, 15) is 9.59 Å². The molecule has 1 aliphatic rings. The van der Waals surface area contributed by atoms with E-state index in [2.05, 4.69) is 4.98 Å². The number of imidazole rings is 1. The highest BCUT2D eigenvalue weighted by Crippen LogP contribution is 2.34. The topological polar surface area (TPSA) is 73.7 Å². The van der Waals surface area contributed by atoms with E-state index in [1.54, 1.807) is 41.6 Å². The van der Waals surface area contributed by atoms with Gasteiger partial charge in [0.1, 0.15) is 5.75 Å². The second kappa shape index (κ2) is 6.18. The van der Waals surface area contributed by atoms with E-state index >= 15 is 0 Å². The molecule has 0 unspecified atom stereocenters. The molecule has 2 heterocycles. The summed E-state index contributed by atoms with van der Waals surface area (Å²) in [7, 11) is 3.20. The van der Waals surface area contributed by atoms with Crippen LogP contribution in [-0.2, 0) is 16.6 Å². The van der Waals surface area contributed by atoms with Crippen molar-refractivity contribution in [3.63, 3.8) is 0 Å². The minimum atomic E-state index is -0.863. The first-order chi connectivity index (χ1) is 12.6. The largest absolute Gasteiger partial charge is 0.475 e. The normalized spacial score (nSPS) is 16.1. The van der Waals surface area contributed by atoms with E-state index < -0.39 is 12.1 Å². The van der Waals surface area contributed by atoms with Crippen LogP contribution in [0.1, 0.15) is 10.4 Å². The number of nitrogens with zero attached hydrogens (tertiary/aromatic N) is 3. The van der Waals surface area contributed by atoms with Gasteiger partial charge in [-0.25, -0.2) is 9.78 Å². The maximum Gasteiger partial charge on any atom is 0.348 e. The molecule has 3 aromatic rings. The fraction of sp³-hybridized carbons (Fsp3) is 0.211. The molecule has 4 rings (SSSR count). The van der Waals surface area contributed by atoms with Crippen molar-refractivity contribution in [2.45, 2.75) is 6.10 Å². The first-order valence-electron chi connectivity index (χ1n) is 8.15. The number of hydrogen-bond donors (Lipinski definition) is 0. The fourth-order valence-electron chi connectivity index (χ4n) is 3.11. The number of carbonyl (C=O) groups excluding carboxylic acids is 2. The van der Waals surface area contributed by atoms with Gasteiger partial charge in [-0.05, 0) is 30.3 Å². The number of benzene rings is 2. The lowest BCUT2D eigenvalue weighted by molar-refractivity contribution is -0.148. The number of aryl methyl sites for hydroxylation is 1. The molecule has 0 radical (unpaired) electrons. The van der Waals surface area contributed by atoms with Crippen molar-refractivity contribution in [3.8, 4) is 5.75 Å². The molecule has 1 atom stereocenters. The minimum Gasteiger partial charge on any atom is -0.475 e. The summed E-state index contributed by atoms with van der Waals surface area (Å²) in [5, 5.41) is 0. The SMILES string of the molecule is COC(=O)[C@@H]1CN(C(=O)c2ccc3c(c2)ncn3C)c2ccccc2O1. The molecule has 0 bridgehead atoms. The molecule has 0 spiro atoms. The first kappa shape index (κ1) is 16.1. The Morgan fingerprint density at radius 1 is 1.23 bits per heavy atom. The Morgan fingerprint density at radius 3 is 2.85 bits per heavy atom. The quantitative estimate of drug-likeness (QED) is 0.662. The number of para-hydroxylation sites is 2. The Morgan fingerprint density at radius 2 is 2.04 bits per heavy atom. The number of rotatable bonds is 2. The number of ether oxygens (including phenoxy) is 2. The highest BCUT2D eigenvalue weighted by atomic mass is 16.6. The predicted octanol–water partition coefficient (Wildman–Crippen LogP) is 2.15. The summed E-state index contributed by atoms with van der Waals surface area (Å²) < 4.78 is 12.4. The maximum atomic E-state index is 13.2. The summed E-state index contributed by atoms with van der Waals surface area (Å²) in [5.41, 5.74) is 2.80. The van der Waals surface area contributed by atoms with Gasteiger partial charge >= 0.3 is 5.97 Å². The third kappa shape index (κ3) is 2.57. The minimum absolute atomic E-state index is 0.0861. The molecule has 1 amide bonds. The number of anilines is 1. The lowest BCUT2D eigenvalue weighted by Gasteiger charge is -2.33. The second-order valence-corrected chi connectivity index (χ2v) is 6.07. The molecule has 26 heavy (non-hydrogen) atoms. The Labute approximate surface area is 149 Å². The number of hydrogen-bond acceptors (Lipinski definition) is 5. The average molecular weight is 351 g/mol. The summed E-state index contributed by atoms with van der Waals surface area (Å²) in [6.45, 7) is 0.0861. The Kier molecular flexibility index (Phi) is 3.84. The van der Waals surface area contributed by atoms with Gasteiger partial charge in [-0.3, -0.25) is 4.79 Å². The van der Waals surface area contributed by atoms with Crippen molar-refractivity contribution in [3.05, 3.63) is 54.4 Å². The van der Waals surface area contributed by atoms with Gasteiger partial charge in [0.25, 0.3) is 5.91 Å². The van der Waals surface area contributed by atoms with Crippen molar-refractivity contribution >= 4 is 28.6 Å². The predicted molar refractivity (Wildman–Crippen MR) is 95.3 cm³/mol. The van der Waals surface area contributed by atoms with E-state index in [1.165, 1.54) is 7.11 Å². The zero-order valence-corrected chi connectivity index (χ0v) is 14.4. The second-order valence-electron chi connectivity index (χ2n) is 6.07. The number of methoxy groups -OCH3 is 1. The van der Waals surface area contributed by atoms with Crippen LogP contribution in [0, 0.1) is 0 Å². The van der Waals surface area contributed by atoms with Crippen molar-refractivity contribution in [1.29, 1.82) is 0 Å². The summed E-state index contributed by atoms with van der Waals surface area (Å²) in [5.74, 6) is -0.263. The van der Waals surface area contributed by atoms with E-state index in [-0.39, 0.29) is 12.5 Å². The molecular formula is C19H17N3O4. The highest BCUT2D eigenvalue weighted by molar-refractivity contribution is 6.09. The maximum absolute atomic E-state index is 13.2. The molecule has 1 aromatic heterocycles. The molecule has 1 aliphatic heterocycles. The number of amides is 1. The van der Waals surface area contributed by atoms with Crippen LogP contribution in [0.3, 0.4) is 0 Å². The molecule has 132 valence electrons. The molecular weight excluding hydrogens is 334 g/mol. The summed E-state index contributed by atoms with van der Waals surface area (Å²) in [6.07, 6.45) is 0.841. The fourth-order valence-corrected chi connectivity index (χ4v) is 3.11. The van der Waals surface area contributed by atoms with Crippen molar-refractivity contribution in [1.82, 2.24) is 9.55 Å². The van der Waals surface area contributed by atoms with Gasteiger partial charge in [-0.2, -0.15) is 0 Å². The van der Waals surface area contributed by atoms with Gasteiger partial charge in [0.2, 0.25) is 6.10 Å². The molecule has 0 fully saturated rings. The van der Waals surface area contributed by atoms with Gasteiger partial charge < -0.3 is 18.9 Å². The van der Waals surface area contributed by atoms with Crippen LogP contribution >= 0.6 is 0 Å². The monoisotopic (exact) mass is 351 g/mol. The van der Waals surface area contributed by atoms with Gasteiger partial charge in [0, 0.05) is 12.6 Å². The first-order valence-corrected chi connectivity index (χ1v) is 8.15. The smallest absolute Gasteiger partial charge is 0.348 e. The zero-order chi connectivity index (χ0) is 18.3. The van der Waals surface area contributed by atoms with Crippen LogP contribution in [0.15, 0.2) is 48.8 Å². The van der Waals surface area contributed by atoms with E-state index in [4.69, 9.17) is 9.47 Å². The Bertz CT molecular complexity index is 1010. The highest BCUT2D eigenvalue weighted by Gasteiger charge is 2.34. The number of fused-ring (bicyclic) bond motifs is 2. The lowest BCUT2D eigenvalue weighted by Crippen LogP contribution is -2.47. The number of esters is 1. The summed E-state index contributed by atoms with van der Waals surface area (Å²) in [4.78, 5) is 31.0. The zero-order valence-electron chi connectivity index (χ0n) is 14.4. The van der Waals surface area contributed by atoms with Crippen LogP contribution in [-0.4, -0.2) is 41.2 Å². The van der Waals surface area contributed by atoms with Crippen molar-refractivity contribution in [2.75, 3.05) is 18.6 Å². The van der Waals surface area contributed by atoms with Crippen LogP contribution in [0.4, 0.5) is 5.69 Å². The van der Waals surface area contributed by atoms with E-state index in [0.717, 1.165) is 11.0 Å². The molecule has 7 nitrogen and oxygen atoms in total. The van der Waals surface area contributed by atoms with Gasteiger partial charge in [-0.15, -0.1) is 0 Å². The van der Waals surface area contributed by atoms with Gasteiger partial charge in [0.15, 0.2) is 0 Å². The summed E-state index contributed by atoms with van der Waals surface area (Å²) in [6, 6.07) is 12.5. The molecule has 0 saturated carbocycles. The van der Waals surface area contributed by atoms with Crippen LogP contribution in [0.5, 0.6) is 5.75 Å².